The quantitative estimate of drug-likeness (QED) is 0.578. The molecule has 5 heteroatoms. The van der Waals surface area contributed by atoms with E-state index in [0.29, 0.717) is 19.0 Å². The van der Waals surface area contributed by atoms with Crippen molar-refractivity contribution in [1.82, 2.24) is 10.2 Å². The van der Waals surface area contributed by atoms with Crippen molar-refractivity contribution in [1.29, 1.82) is 0 Å². The van der Waals surface area contributed by atoms with Crippen LogP contribution in [0.5, 0.6) is 0 Å². The van der Waals surface area contributed by atoms with Crippen LogP contribution in [-0.2, 0) is 4.79 Å². The molecule has 0 amide bonds. The molecule has 1 aliphatic heterocycles. The molecule has 2 rings (SSSR count). The molecule has 2 fully saturated rings. The van der Waals surface area contributed by atoms with Crippen molar-refractivity contribution in [3.05, 3.63) is 0 Å². The molecule has 0 aromatic rings. The predicted molar refractivity (Wildman–Crippen MR) is 77.6 cm³/mol. The molecule has 0 bridgehead atoms. The summed E-state index contributed by atoms with van der Waals surface area (Å²) in [6.45, 7) is 4.81. The molecule has 1 saturated heterocycles. The third-order valence-electron chi connectivity index (χ3n) is 4.65. The van der Waals surface area contributed by atoms with Gasteiger partial charge in [-0.05, 0) is 44.6 Å². The molecule has 3 unspecified atom stereocenters. The molecule has 0 aromatic heterocycles. The Bertz CT molecular complexity index is 320. The zero-order valence-corrected chi connectivity index (χ0v) is 12.4. The van der Waals surface area contributed by atoms with Crippen molar-refractivity contribution < 1.29 is 15.0 Å². The van der Waals surface area contributed by atoms with Crippen LogP contribution in [0, 0.1) is 11.8 Å². The molecule has 116 valence electrons. The average molecular weight is 284 g/mol. The van der Waals surface area contributed by atoms with Crippen LogP contribution >= 0.6 is 0 Å². The summed E-state index contributed by atoms with van der Waals surface area (Å²) in [4.78, 5) is 13.8. The summed E-state index contributed by atoms with van der Waals surface area (Å²) in [6.07, 6.45) is 5.15. The smallest absolute Gasteiger partial charge is 0.307 e. The van der Waals surface area contributed by atoms with E-state index in [0.717, 1.165) is 31.8 Å². The highest BCUT2D eigenvalue weighted by atomic mass is 16.4. The maximum absolute atomic E-state index is 11.4. The number of hydrogen-bond donors (Lipinski definition) is 3. The Kier molecular flexibility index (Phi) is 5.81. The molecule has 1 aliphatic carbocycles. The molecule has 1 saturated carbocycles. The summed E-state index contributed by atoms with van der Waals surface area (Å²) in [5, 5.41) is 21.6. The number of carboxylic acid groups (broad SMARTS) is 1. The fourth-order valence-electron chi connectivity index (χ4n) is 3.49. The van der Waals surface area contributed by atoms with Crippen LogP contribution in [0.2, 0.25) is 0 Å². The van der Waals surface area contributed by atoms with E-state index in [2.05, 4.69) is 17.1 Å². The van der Waals surface area contributed by atoms with Gasteiger partial charge in [-0.3, -0.25) is 9.69 Å². The lowest BCUT2D eigenvalue weighted by molar-refractivity contribution is -0.144. The van der Waals surface area contributed by atoms with Crippen molar-refractivity contribution in [3.8, 4) is 0 Å². The number of likely N-dealkylation sites (tertiary alicyclic amines) is 1. The van der Waals surface area contributed by atoms with Gasteiger partial charge in [-0.2, -0.15) is 0 Å². The Morgan fingerprint density at radius 2 is 2.15 bits per heavy atom. The first-order valence-electron chi connectivity index (χ1n) is 7.96. The van der Waals surface area contributed by atoms with Gasteiger partial charge in [0.05, 0.1) is 5.92 Å². The number of nitrogens with zero attached hydrogens (tertiary/aromatic N) is 1. The molecule has 5 nitrogen and oxygen atoms in total. The molecule has 3 atom stereocenters. The van der Waals surface area contributed by atoms with Gasteiger partial charge in [0.15, 0.2) is 0 Å². The Balaban J connectivity index is 1.94. The minimum Gasteiger partial charge on any atom is -0.481 e. The molecule has 0 spiro atoms. The highest BCUT2D eigenvalue weighted by molar-refractivity contribution is 5.70. The maximum Gasteiger partial charge on any atom is 0.307 e. The van der Waals surface area contributed by atoms with Crippen LogP contribution in [0.25, 0.3) is 0 Å². The summed E-state index contributed by atoms with van der Waals surface area (Å²) in [5.41, 5.74) is 0. The largest absolute Gasteiger partial charge is 0.481 e. The number of piperidine rings is 1. The Hall–Kier alpha value is -0.650. The molecule has 1 heterocycles. The third kappa shape index (κ3) is 4.17. The number of rotatable bonds is 8. The SMILES string of the molecule is CCC(C1CC1)N1CC(NCCCO)CC(C(=O)O)C1. The Labute approximate surface area is 121 Å². The minimum atomic E-state index is -0.672. The zero-order chi connectivity index (χ0) is 14.5. The Morgan fingerprint density at radius 1 is 1.40 bits per heavy atom. The molecule has 0 radical (unpaired) electrons. The number of carboxylic acids is 1. The van der Waals surface area contributed by atoms with E-state index in [-0.39, 0.29) is 18.6 Å². The lowest BCUT2D eigenvalue weighted by Crippen LogP contribution is -2.54. The van der Waals surface area contributed by atoms with Crippen LogP contribution in [0.4, 0.5) is 0 Å². The van der Waals surface area contributed by atoms with Crippen LogP contribution in [0.3, 0.4) is 0 Å². The second kappa shape index (κ2) is 7.38. The van der Waals surface area contributed by atoms with Gasteiger partial charge in [0.25, 0.3) is 0 Å². The first kappa shape index (κ1) is 15.7. The van der Waals surface area contributed by atoms with Gasteiger partial charge in [0, 0.05) is 31.8 Å². The number of aliphatic hydroxyl groups is 1. The highest BCUT2D eigenvalue weighted by Crippen LogP contribution is 2.38. The lowest BCUT2D eigenvalue weighted by atomic mass is 9.91. The van der Waals surface area contributed by atoms with Gasteiger partial charge >= 0.3 is 5.97 Å². The molecule has 0 aromatic carbocycles. The first-order valence-corrected chi connectivity index (χ1v) is 7.96. The number of carbonyl (C=O) groups is 1. The highest BCUT2D eigenvalue weighted by Gasteiger charge is 2.39. The van der Waals surface area contributed by atoms with Crippen LogP contribution < -0.4 is 5.32 Å². The van der Waals surface area contributed by atoms with Crippen molar-refractivity contribution >= 4 is 5.97 Å². The normalized spacial score (nSPS) is 29.3. The van der Waals surface area contributed by atoms with E-state index >= 15 is 0 Å². The van der Waals surface area contributed by atoms with Gasteiger partial charge in [0.1, 0.15) is 0 Å². The first-order chi connectivity index (χ1) is 9.65. The monoisotopic (exact) mass is 284 g/mol. The molecule has 2 aliphatic rings. The van der Waals surface area contributed by atoms with Crippen LogP contribution in [0.1, 0.15) is 39.0 Å². The van der Waals surface area contributed by atoms with Crippen molar-refractivity contribution in [3.63, 3.8) is 0 Å². The molecule has 20 heavy (non-hydrogen) atoms. The summed E-state index contributed by atoms with van der Waals surface area (Å²) in [6, 6.07) is 0.795. The van der Waals surface area contributed by atoms with E-state index in [9.17, 15) is 9.90 Å². The molecule has 3 N–H and O–H groups in total. The van der Waals surface area contributed by atoms with E-state index in [4.69, 9.17) is 5.11 Å². The number of aliphatic hydroxyl groups excluding tert-OH is 1. The van der Waals surface area contributed by atoms with Gasteiger partial charge < -0.3 is 15.5 Å². The number of aliphatic carboxylic acids is 1. The van der Waals surface area contributed by atoms with Crippen molar-refractivity contribution in [2.45, 2.75) is 51.1 Å². The average Bonchev–Trinajstić information content (AvgIpc) is 3.24. The van der Waals surface area contributed by atoms with Gasteiger partial charge in [-0.25, -0.2) is 0 Å². The lowest BCUT2D eigenvalue weighted by Gasteiger charge is -2.41. The molecular weight excluding hydrogens is 256 g/mol. The van der Waals surface area contributed by atoms with Crippen molar-refractivity contribution in [2.24, 2.45) is 11.8 Å². The minimum absolute atomic E-state index is 0.186. The van der Waals surface area contributed by atoms with Gasteiger partial charge in [-0.1, -0.05) is 6.92 Å². The zero-order valence-electron chi connectivity index (χ0n) is 12.4. The van der Waals surface area contributed by atoms with Gasteiger partial charge in [0.2, 0.25) is 0 Å². The Morgan fingerprint density at radius 3 is 2.70 bits per heavy atom. The number of hydrogen-bond acceptors (Lipinski definition) is 4. The summed E-state index contributed by atoms with van der Waals surface area (Å²) in [5.74, 6) is -0.150. The van der Waals surface area contributed by atoms with Gasteiger partial charge in [-0.15, -0.1) is 0 Å². The standard InChI is InChI=1S/C15H28N2O3/c1-2-14(11-4-5-11)17-9-12(15(19)20)8-13(10-17)16-6-3-7-18/h11-14,16,18H,2-10H2,1H3,(H,19,20). The predicted octanol–water partition coefficient (Wildman–Crippen LogP) is 0.922. The molecular formula is C15H28N2O3. The van der Waals surface area contributed by atoms with E-state index in [1.165, 1.54) is 12.8 Å². The van der Waals surface area contributed by atoms with Crippen LogP contribution in [0.15, 0.2) is 0 Å². The fourth-order valence-corrected chi connectivity index (χ4v) is 3.49. The second-order valence-electron chi connectivity index (χ2n) is 6.27. The fraction of sp³-hybridized carbons (Fsp3) is 0.933. The maximum atomic E-state index is 11.4. The number of nitrogens with one attached hydrogen (secondary N) is 1. The van der Waals surface area contributed by atoms with E-state index in [1.54, 1.807) is 0 Å². The van der Waals surface area contributed by atoms with Crippen molar-refractivity contribution in [2.75, 3.05) is 26.2 Å². The summed E-state index contributed by atoms with van der Waals surface area (Å²) < 4.78 is 0. The van der Waals surface area contributed by atoms with E-state index in [1.807, 2.05) is 0 Å². The summed E-state index contributed by atoms with van der Waals surface area (Å²) in [7, 11) is 0. The second-order valence-corrected chi connectivity index (χ2v) is 6.27. The summed E-state index contributed by atoms with van der Waals surface area (Å²) >= 11 is 0. The van der Waals surface area contributed by atoms with Crippen LogP contribution in [-0.4, -0.2) is 59.4 Å². The van der Waals surface area contributed by atoms with E-state index < -0.39 is 5.97 Å². The topological polar surface area (TPSA) is 72.8 Å². The third-order valence-corrected chi connectivity index (χ3v) is 4.65.